The molecular weight excluding hydrogens is 630 g/mol. The summed E-state index contributed by atoms with van der Waals surface area (Å²) in [5.74, 6) is -0.798. The van der Waals surface area contributed by atoms with E-state index in [0.29, 0.717) is 10.6 Å². The number of para-hydroxylation sites is 1. The van der Waals surface area contributed by atoms with Gasteiger partial charge < -0.3 is 10.4 Å². The molecule has 5 rings (SSSR count). The first kappa shape index (κ1) is 33.0. The average Bonchev–Trinajstić information content (AvgIpc) is 3.57. The summed E-state index contributed by atoms with van der Waals surface area (Å²) in [6, 6.07) is 13.5. The van der Waals surface area contributed by atoms with Crippen LogP contribution in [0, 0.1) is 0 Å². The van der Waals surface area contributed by atoms with E-state index >= 15 is 0 Å². The van der Waals surface area contributed by atoms with Crippen molar-refractivity contribution in [1.82, 2.24) is 24.5 Å². The van der Waals surface area contributed by atoms with Gasteiger partial charge in [-0.1, -0.05) is 24.3 Å². The van der Waals surface area contributed by atoms with E-state index in [1.807, 2.05) is 0 Å². The van der Waals surface area contributed by atoms with E-state index in [1.54, 1.807) is 30.3 Å². The minimum atomic E-state index is -4.99. The van der Waals surface area contributed by atoms with Gasteiger partial charge in [0.1, 0.15) is 5.82 Å². The molecule has 0 fully saturated rings. The molecule has 246 valence electrons. The van der Waals surface area contributed by atoms with Crippen molar-refractivity contribution in [3.05, 3.63) is 95.7 Å². The number of rotatable bonds is 6. The Morgan fingerprint density at radius 2 is 1.57 bits per heavy atom. The second-order valence-electron chi connectivity index (χ2n) is 11.7. The van der Waals surface area contributed by atoms with Crippen molar-refractivity contribution in [3.8, 4) is 16.9 Å². The largest absolute Gasteiger partial charge is 0.465 e. The van der Waals surface area contributed by atoms with Crippen LogP contribution in [0.15, 0.2) is 79.0 Å². The van der Waals surface area contributed by atoms with Crippen molar-refractivity contribution in [2.45, 2.75) is 44.7 Å². The lowest BCUT2D eigenvalue weighted by molar-refractivity contribution is -0.191. The Bertz CT molecular complexity index is 1960. The van der Waals surface area contributed by atoms with Crippen molar-refractivity contribution < 1.29 is 41.0 Å². The van der Waals surface area contributed by atoms with Gasteiger partial charge in [-0.3, -0.25) is 14.4 Å². The number of nitrogens with zero attached hydrogens (tertiary/aromatic N) is 5. The summed E-state index contributed by atoms with van der Waals surface area (Å²) in [5, 5.41) is 21.1. The van der Waals surface area contributed by atoms with Crippen LogP contribution in [-0.2, 0) is 13.2 Å². The maximum absolute atomic E-state index is 14.5. The van der Waals surface area contributed by atoms with Crippen LogP contribution < -0.4 is 5.32 Å². The van der Waals surface area contributed by atoms with E-state index < -0.39 is 47.1 Å². The van der Waals surface area contributed by atoms with E-state index in [0.717, 1.165) is 30.3 Å². The van der Waals surface area contributed by atoms with Gasteiger partial charge in [0.25, 0.3) is 5.91 Å². The topological polar surface area (TPSA) is 105 Å². The number of hydrogen-bond donors (Lipinski definition) is 2. The third-order valence-electron chi connectivity index (χ3n) is 7.32. The highest BCUT2D eigenvalue weighted by molar-refractivity contribution is 6.09. The van der Waals surface area contributed by atoms with Crippen LogP contribution >= 0.6 is 0 Å². The maximum Gasteiger partial charge on any atom is 0.417 e. The first-order valence-corrected chi connectivity index (χ1v) is 14.1. The van der Waals surface area contributed by atoms with Crippen LogP contribution in [0.25, 0.3) is 27.8 Å². The predicted octanol–water partition coefficient (Wildman–Crippen LogP) is 8.08. The smallest absolute Gasteiger partial charge is 0.417 e. The van der Waals surface area contributed by atoms with Crippen molar-refractivity contribution >= 4 is 28.7 Å². The minimum Gasteiger partial charge on any atom is -0.465 e. The molecule has 2 aromatic heterocycles. The Morgan fingerprint density at radius 1 is 0.894 bits per heavy atom. The Hall–Kier alpha value is -5.34. The van der Waals surface area contributed by atoms with Gasteiger partial charge in [0.2, 0.25) is 0 Å². The number of anilines is 1. The van der Waals surface area contributed by atoms with Crippen LogP contribution in [0.5, 0.6) is 0 Å². The Morgan fingerprint density at radius 3 is 2.13 bits per heavy atom. The minimum absolute atomic E-state index is 0.00301. The van der Waals surface area contributed by atoms with Gasteiger partial charge in [-0.05, 0) is 74.9 Å². The number of carbonyl (C=O) groups is 2. The molecule has 0 unspecified atom stereocenters. The third kappa shape index (κ3) is 6.64. The van der Waals surface area contributed by atoms with Crippen LogP contribution in [0.3, 0.4) is 0 Å². The SMILES string of the molecule is Cn1ccc(-c2cc(C(=O)Nc3c4ccc([C@H](N(C(=O)O)C(C)(C)C)C(F)(F)F)cc4nn3-c3ccccc3)ccc2C(F)(F)F)n1. The Balaban J connectivity index is 1.63. The van der Waals surface area contributed by atoms with Gasteiger partial charge in [0.05, 0.1) is 22.5 Å². The highest BCUT2D eigenvalue weighted by atomic mass is 19.4. The maximum atomic E-state index is 14.5. The zero-order valence-corrected chi connectivity index (χ0v) is 25.4. The highest BCUT2D eigenvalue weighted by Crippen LogP contribution is 2.43. The summed E-state index contributed by atoms with van der Waals surface area (Å²) < 4.78 is 87.5. The number of carbonyl (C=O) groups excluding carboxylic acids is 1. The number of fused-ring (bicyclic) bond motifs is 1. The fourth-order valence-electron chi connectivity index (χ4n) is 5.30. The molecule has 0 aliphatic heterocycles. The first-order valence-electron chi connectivity index (χ1n) is 14.1. The lowest BCUT2D eigenvalue weighted by atomic mass is 9.97. The van der Waals surface area contributed by atoms with Gasteiger partial charge in [0.15, 0.2) is 6.04 Å². The van der Waals surface area contributed by atoms with Gasteiger partial charge in [-0.25, -0.2) is 9.48 Å². The van der Waals surface area contributed by atoms with E-state index in [9.17, 15) is 41.0 Å². The number of hydrogen-bond acceptors (Lipinski definition) is 4. The molecule has 1 atom stereocenters. The summed E-state index contributed by atoms with van der Waals surface area (Å²) in [7, 11) is 1.54. The van der Waals surface area contributed by atoms with Gasteiger partial charge >= 0.3 is 18.4 Å². The molecule has 15 heteroatoms. The molecular formula is C32H28F6N6O3. The normalized spacial score (nSPS) is 13.1. The monoisotopic (exact) mass is 658 g/mol. The first-order chi connectivity index (χ1) is 21.9. The van der Waals surface area contributed by atoms with Crippen LogP contribution in [0.2, 0.25) is 0 Å². The molecule has 0 saturated heterocycles. The fraction of sp³-hybridized carbons (Fsp3) is 0.250. The lowest BCUT2D eigenvalue weighted by Crippen LogP contribution is -2.51. The van der Waals surface area contributed by atoms with Crippen LogP contribution in [0.4, 0.5) is 37.0 Å². The number of halogens is 6. The molecule has 0 spiro atoms. The summed E-state index contributed by atoms with van der Waals surface area (Å²) in [6.07, 6.45) is -10.0. The Labute approximate surface area is 264 Å². The Kier molecular flexibility index (Phi) is 8.29. The average molecular weight is 659 g/mol. The summed E-state index contributed by atoms with van der Waals surface area (Å²) >= 11 is 0. The lowest BCUT2D eigenvalue weighted by Gasteiger charge is -2.40. The number of alkyl halides is 6. The highest BCUT2D eigenvalue weighted by Gasteiger charge is 2.50. The van der Waals surface area contributed by atoms with Crippen molar-refractivity contribution in [2.24, 2.45) is 7.05 Å². The van der Waals surface area contributed by atoms with Crippen molar-refractivity contribution in [1.29, 1.82) is 0 Å². The molecule has 0 aliphatic rings. The van der Waals surface area contributed by atoms with Gasteiger partial charge in [-0.2, -0.15) is 36.5 Å². The predicted molar refractivity (Wildman–Crippen MR) is 161 cm³/mol. The molecule has 0 radical (unpaired) electrons. The third-order valence-corrected chi connectivity index (χ3v) is 7.32. The molecule has 0 saturated carbocycles. The number of carboxylic acid groups (broad SMARTS) is 1. The molecule has 2 amide bonds. The molecule has 3 aromatic carbocycles. The molecule has 9 nitrogen and oxygen atoms in total. The van der Waals surface area contributed by atoms with Crippen molar-refractivity contribution in [3.63, 3.8) is 0 Å². The summed E-state index contributed by atoms with van der Waals surface area (Å²) in [5.41, 5.74) is -2.90. The summed E-state index contributed by atoms with van der Waals surface area (Å²) in [4.78, 5) is 26.0. The number of amides is 2. The zero-order valence-electron chi connectivity index (χ0n) is 25.4. The fourth-order valence-corrected chi connectivity index (χ4v) is 5.30. The number of aryl methyl sites for hydroxylation is 1. The molecule has 47 heavy (non-hydrogen) atoms. The second-order valence-corrected chi connectivity index (χ2v) is 11.7. The molecule has 2 heterocycles. The van der Waals surface area contributed by atoms with Crippen LogP contribution in [0.1, 0.15) is 48.3 Å². The van der Waals surface area contributed by atoms with Crippen molar-refractivity contribution in [2.75, 3.05) is 5.32 Å². The van der Waals surface area contributed by atoms with Gasteiger partial charge in [0, 0.05) is 35.3 Å². The van der Waals surface area contributed by atoms with E-state index in [-0.39, 0.29) is 33.5 Å². The number of aromatic nitrogens is 4. The summed E-state index contributed by atoms with van der Waals surface area (Å²) in [6.45, 7) is 4.03. The van der Waals surface area contributed by atoms with Gasteiger partial charge in [-0.15, -0.1) is 0 Å². The second kappa shape index (κ2) is 11.8. The molecule has 5 aromatic rings. The molecule has 0 aliphatic carbocycles. The number of nitrogens with one attached hydrogen (secondary N) is 1. The standard InChI is InChI=1S/C32H28F6N6O3/c1-30(2,3)43(29(46)47)26(32(36,37)38)18-10-12-21-25(17-18)41-44(20-8-6-5-7-9-20)27(21)39-28(45)19-11-13-23(31(33,34)35)22(16-19)24-14-15-42(4)40-24/h5-17,26H,1-4H3,(H,39,45)(H,46,47)/t26-/m0/s1. The van der Waals surface area contributed by atoms with E-state index in [1.165, 1.54) is 55.5 Å². The molecule has 2 N–H and O–H groups in total. The number of benzene rings is 3. The quantitative estimate of drug-likeness (QED) is 0.180. The molecule has 0 bridgehead atoms. The zero-order chi connectivity index (χ0) is 34.5. The van der Waals surface area contributed by atoms with E-state index in [2.05, 4.69) is 15.5 Å². The van der Waals surface area contributed by atoms with Crippen LogP contribution in [-0.4, -0.2) is 53.3 Å². The van der Waals surface area contributed by atoms with E-state index in [4.69, 9.17) is 0 Å².